The fraction of sp³-hybridized carbons (Fsp3) is 1.00. The fourth-order valence-electron chi connectivity index (χ4n) is 0.0645. The molecule has 0 saturated heterocycles. The van der Waals surface area contributed by atoms with E-state index in [1.807, 2.05) is 20.8 Å². The Morgan fingerprint density at radius 2 is 1.88 bits per heavy atom. The molecule has 0 aromatic heterocycles. The second-order valence-corrected chi connectivity index (χ2v) is 2.20. The van der Waals surface area contributed by atoms with Crippen LogP contribution in [0.15, 0.2) is 0 Å². The smallest absolute Gasteiger partial charge is 0.0974 e. The molecule has 0 bridgehead atoms. The Morgan fingerprint density at radius 3 is 1.88 bits per heavy atom. The molecule has 0 aliphatic carbocycles. The summed E-state index contributed by atoms with van der Waals surface area (Å²) in [5, 5.41) is 8.09. The first-order chi connectivity index (χ1) is 3.12. The summed E-state index contributed by atoms with van der Waals surface area (Å²) in [6, 6.07) is 0. The quantitative estimate of drug-likeness (QED) is 0.387. The van der Waals surface area contributed by atoms with E-state index in [9.17, 15) is 0 Å². The van der Waals surface area contributed by atoms with Gasteiger partial charge in [-0.1, -0.05) is 6.92 Å². The van der Waals surface area contributed by atoms with Crippen molar-refractivity contribution in [2.75, 3.05) is 0 Å². The van der Waals surface area contributed by atoms with Gasteiger partial charge in [-0.05, 0) is 20.3 Å². The van der Waals surface area contributed by atoms with Crippen LogP contribution in [0.5, 0.6) is 0 Å². The first-order valence-electron chi connectivity index (χ1n) is 2.45. The molecule has 0 unspecified atom stereocenters. The van der Waals surface area contributed by atoms with Gasteiger partial charge in [0.25, 0.3) is 0 Å². The first kappa shape index (κ1) is 11.4. The van der Waals surface area contributed by atoms with E-state index in [2.05, 4.69) is 4.89 Å². The summed E-state index contributed by atoms with van der Waals surface area (Å²) in [4.78, 5) is 4.09. The van der Waals surface area contributed by atoms with E-state index < -0.39 is 0 Å². The summed E-state index contributed by atoms with van der Waals surface area (Å²) in [5.41, 5.74) is -0.361. The van der Waals surface area contributed by atoms with Crippen LogP contribution in [0.25, 0.3) is 0 Å². The van der Waals surface area contributed by atoms with Crippen LogP contribution in [0.3, 0.4) is 0 Å². The molecule has 1 N–H and O–H groups in total. The topological polar surface area (TPSA) is 29.5 Å². The minimum absolute atomic E-state index is 0. The van der Waals surface area contributed by atoms with Gasteiger partial charge in [0.1, 0.15) is 0 Å². The zero-order chi connectivity index (χ0) is 5.91. The minimum Gasteiger partial charge on any atom is -0.251 e. The maximum atomic E-state index is 8.09. The Balaban J connectivity index is 0. The summed E-state index contributed by atoms with van der Waals surface area (Å²) in [7, 11) is 0. The van der Waals surface area contributed by atoms with Crippen LogP contribution >= 0.6 is 0 Å². The molecule has 0 atom stereocenters. The molecule has 0 aromatic carbocycles. The summed E-state index contributed by atoms with van der Waals surface area (Å²) in [5.74, 6) is 0. The Labute approximate surface area is 62.9 Å². The van der Waals surface area contributed by atoms with Crippen LogP contribution in [-0.4, -0.2) is 10.9 Å². The van der Waals surface area contributed by atoms with Gasteiger partial charge in [0.15, 0.2) is 0 Å². The molecule has 8 heavy (non-hydrogen) atoms. The van der Waals surface area contributed by atoms with Gasteiger partial charge in [-0.15, -0.1) is 0 Å². The summed E-state index contributed by atoms with van der Waals surface area (Å²) >= 11 is 0. The molecule has 0 saturated carbocycles. The van der Waals surface area contributed by atoms with E-state index in [4.69, 9.17) is 5.26 Å². The number of hydrogen-bond acceptors (Lipinski definition) is 2. The molecule has 0 fully saturated rings. The molecule has 0 aliphatic rings. The minimum atomic E-state index is -0.361. The van der Waals surface area contributed by atoms with Gasteiger partial charge >= 0.3 is 0 Å². The third-order valence-electron chi connectivity index (χ3n) is 1.10. The predicted octanol–water partition coefficient (Wildman–Crippen LogP) is 1.66. The second-order valence-electron chi connectivity index (χ2n) is 2.20. The normalized spacial score (nSPS) is 10.5. The molecular weight excluding hydrogens is 157 g/mol. The maximum Gasteiger partial charge on any atom is 0.0974 e. The van der Waals surface area contributed by atoms with Crippen molar-refractivity contribution in [1.82, 2.24) is 0 Å². The van der Waals surface area contributed by atoms with Crippen LogP contribution in [0.2, 0.25) is 0 Å². The third kappa shape index (κ3) is 4.70. The maximum absolute atomic E-state index is 8.09. The van der Waals surface area contributed by atoms with Gasteiger partial charge in [0, 0.05) is 19.5 Å². The van der Waals surface area contributed by atoms with Gasteiger partial charge in [-0.2, -0.15) is 0 Å². The molecule has 0 heterocycles. The van der Waals surface area contributed by atoms with Crippen molar-refractivity contribution in [3.63, 3.8) is 0 Å². The summed E-state index contributed by atoms with van der Waals surface area (Å²) in [6.45, 7) is 5.61. The van der Waals surface area contributed by atoms with Gasteiger partial charge < -0.3 is 0 Å². The molecule has 0 aromatic rings. The standard InChI is InChI=1S/C5H12O2.Zn/c1-4-5(2,3)7-6;/h6H,4H2,1-3H3;. The Morgan fingerprint density at radius 1 is 1.50 bits per heavy atom. The van der Waals surface area contributed by atoms with Crippen molar-refractivity contribution in [2.24, 2.45) is 0 Å². The van der Waals surface area contributed by atoms with Crippen LogP contribution in [0.1, 0.15) is 27.2 Å². The zero-order valence-electron chi connectivity index (χ0n) is 5.77. The van der Waals surface area contributed by atoms with Gasteiger partial charge in [0.05, 0.1) is 5.60 Å². The van der Waals surface area contributed by atoms with Crippen LogP contribution < -0.4 is 0 Å². The Bertz CT molecular complexity index is 48.4. The average Bonchev–Trinajstić information content (AvgIpc) is 1.68. The van der Waals surface area contributed by atoms with Crippen molar-refractivity contribution < 1.29 is 29.6 Å². The van der Waals surface area contributed by atoms with E-state index in [0.29, 0.717) is 0 Å². The summed E-state index contributed by atoms with van der Waals surface area (Å²) < 4.78 is 0. The molecule has 0 rings (SSSR count). The zero-order valence-corrected chi connectivity index (χ0v) is 8.74. The Kier molecular flexibility index (Phi) is 6.28. The van der Waals surface area contributed by atoms with E-state index in [-0.39, 0.29) is 25.1 Å². The third-order valence-corrected chi connectivity index (χ3v) is 1.10. The van der Waals surface area contributed by atoms with Gasteiger partial charge in [-0.25, -0.2) is 4.89 Å². The molecule has 0 spiro atoms. The fourth-order valence-corrected chi connectivity index (χ4v) is 0.0645. The van der Waals surface area contributed by atoms with Gasteiger partial charge in [-0.3, -0.25) is 5.26 Å². The number of hydrogen-bond donors (Lipinski definition) is 1. The SMILES string of the molecule is CCC(C)(C)OO.[Zn]. The molecule has 46 valence electrons. The summed E-state index contributed by atoms with van der Waals surface area (Å²) in [6.07, 6.45) is 0.823. The van der Waals surface area contributed by atoms with Crippen molar-refractivity contribution in [1.29, 1.82) is 0 Å². The average molecular weight is 170 g/mol. The van der Waals surface area contributed by atoms with Crippen molar-refractivity contribution in [3.05, 3.63) is 0 Å². The largest absolute Gasteiger partial charge is 0.251 e. The monoisotopic (exact) mass is 168 g/mol. The van der Waals surface area contributed by atoms with Crippen molar-refractivity contribution >= 4 is 0 Å². The van der Waals surface area contributed by atoms with Crippen LogP contribution in [0.4, 0.5) is 0 Å². The van der Waals surface area contributed by atoms with Crippen molar-refractivity contribution in [2.45, 2.75) is 32.8 Å². The molecule has 0 radical (unpaired) electrons. The van der Waals surface area contributed by atoms with E-state index >= 15 is 0 Å². The van der Waals surface area contributed by atoms with E-state index in [1.54, 1.807) is 0 Å². The molecular formula is C5H12O2Zn. The van der Waals surface area contributed by atoms with E-state index in [1.165, 1.54) is 0 Å². The second kappa shape index (κ2) is 4.42. The van der Waals surface area contributed by atoms with Crippen LogP contribution in [-0.2, 0) is 24.4 Å². The predicted molar refractivity (Wildman–Crippen MR) is 28.1 cm³/mol. The van der Waals surface area contributed by atoms with E-state index in [0.717, 1.165) is 6.42 Å². The van der Waals surface area contributed by atoms with Crippen LogP contribution in [0, 0.1) is 0 Å². The number of rotatable bonds is 2. The van der Waals surface area contributed by atoms with Gasteiger partial charge in [0.2, 0.25) is 0 Å². The molecule has 3 heteroatoms. The van der Waals surface area contributed by atoms with Crippen molar-refractivity contribution in [3.8, 4) is 0 Å². The molecule has 0 aliphatic heterocycles. The first-order valence-corrected chi connectivity index (χ1v) is 2.45. The Hall–Kier alpha value is 0.543. The molecule has 2 nitrogen and oxygen atoms in total. The molecule has 0 amide bonds.